The number of nitrogens with one attached hydrogen (secondary N) is 2. The number of carbonyl (C=O) groups is 3. The van der Waals surface area contributed by atoms with E-state index < -0.39 is 6.04 Å². The summed E-state index contributed by atoms with van der Waals surface area (Å²) in [4.78, 5) is 40.9. The van der Waals surface area contributed by atoms with E-state index in [0.29, 0.717) is 60.8 Å². The predicted molar refractivity (Wildman–Crippen MR) is 144 cm³/mol. The zero-order valence-electron chi connectivity index (χ0n) is 21.4. The fourth-order valence-electron chi connectivity index (χ4n) is 4.30. The van der Waals surface area contributed by atoms with Crippen LogP contribution in [-0.4, -0.2) is 64.7 Å². The van der Waals surface area contributed by atoms with Gasteiger partial charge in [-0.05, 0) is 49.9 Å². The average molecular weight is 538 g/mol. The number of hydrogen-bond donors (Lipinski definition) is 2. The number of amides is 3. The molecule has 0 aliphatic carbocycles. The van der Waals surface area contributed by atoms with E-state index in [0.717, 1.165) is 5.56 Å². The number of carbonyl (C=O) groups excluding carboxylic acids is 3. The van der Waals surface area contributed by atoms with Crippen LogP contribution in [0.15, 0.2) is 60.9 Å². The minimum atomic E-state index is -0.401. The topological polar surface area (TPSA) is 106 Å². The Balaban J connectivity index is 1.57. The van der Waals surface area contributed by atoms with Crippen molar-refractivity contribution in [3.63, 3.8) is 0 Å². The molecule has 2 heterocycles. The highest BCUT2D eigenvalue weighted by molar-refractivity contribution is 6.31. The van der Waals surface area contributed by atoms with Gasteiger partial charge in [-0.15, -0.1) is 0 Å². The number of ether oxygens (including phenoxy) is 1. The highest BCUT2D eigenvalue weighted by Crippen LogP contribution is 2.23. The summed E-state index contributed by atoms with van der Waals surface area (Å²) in [5, 5.41) is 10.6. The first-order valence-corrected chi connectivity index (χ1v) is 13.2. The molecule has 0 radical (unpaired) electrons. The number of benzene rings is 2. The van der Waals surface area contributed by atoms with Crippen molar-refractivity contribution >= 4 is 29.3 Å². The Morgan fingerprint density at radius 1 is 1.16 bits per heavy atom. The van der Waals surface area contributed by atoms with Crippen LogP contribution >= 0.6 is 11.6 Å². The van der Waals surface area contributed by atoms with Crippen molar-refractivity contribution in [3.05, 3.63) is 82.6 Å². The van der Waals surface area contributed by atoms with Gasteiger partial charge in [0.25, 0.3) is 11.8 Å². The fourth-order valence-corrected chi connectivity index (χ4v) is 4.47. The number of fused-ring (bicyclic) bond motifs is 1. The van der Waals surface area contributed by atoms with E-state index in [4.69, 9.17) is 16.3 Å². The Labute approximate surface area is 227 Å². The summed E-state index contributed by atoms with van der Waals surface area (Å²) in [6.07, 6.45) is 4.95. The fraction of sp³-hybridized carbons (Fsp3) is 0.357. The van der Waals surface area contributed by atoms with Crippen LogP contribution in [0.3, 0.4) is 0 Å². The van der Waals surface area contributed by atoms with Crippen LogP contribution in [0.1, 0.15) is 46.0 Å². The van der Waals surface area contributed by atoms with Crippen LogP contribution in [0.5, 0.6) is 5.75 Å². The maximum Gasteiger partial charge on any atom is 0.257 e. The molecule has 1 aliphatic rings. The first kappa shape index (κ1) is 27.2. The average Bonchev–Trinajstić information content (AvgIpc) is 3.40. The van der Waals surface area contributed by atoms with E-state index in [1.165, 1.54) is 11.1 Å². The van der Waals surface area contributed by atoms with Crippen LogP contribution in [0, 0.1) is 0 Å². The third-order valence-electron chi connectivity index (χ3n) is 6.28. The minimum Gasteiger partial charge on any atom is -0.491 e. The zero-order valence-corrected chi connectivity index (χ0v) is 22.1. The van der Waals surface area contributed by atoms with Gasteiger partial charge in [0.1, 0.15) is 12.4 Å². The highest BCUT2D eigenvalue weighted by atomic mass is 35.5. The van der Waals surface area contributed by atoms with Gasteiger partial charge in [0.05, 0.1) is 29.9 Å². The minimum absolute atomic E-state index is 0.0972. The molecule has 0 unspecified atom stereocenters. The van der Waals surface area contributed by atoms with E-state index in [-0.39, 0.29) is 30.9 Å². The molecule has 2 N–H and O–H groups in total. The second kappa shape index (κ2) is 13.1. The normalized spacial score (nSPS) is 17.3. The number of aromatic nitrogens is 2. The molecule has 10 heteroatoms. The Kier molecular flexibility index (Phi) is 9.37. The highest BCUT2D eigenvalue weighted by Gasteiger charge is 2.23. The molecule has 0 saturated heterocycles. The maximum absolute atomic E-state index is 13.3. The van der Waals surface area contributed by atoms with Gasteiger partial charge in [-0.25, -0.2) is 0 Å². The predicted octanol–water partition coefficient (Wildman–Crippen LogP) is 3.33. The second-order valence-electron chi connectivity index (χ2n) is 9.18. The molecule has 38 heavy (non-hydrogen) atoms. The molecule has 200 valence electrons. The van der Waals surface area contributed by atoms with Gasteiger partial charge in [-0.2, -0.15) is 5.10 Å². The van der Waals surface area contributed by atoms with Crippen LogP contribution in [0.2, 0.25) is 5.02 Å². The Hall–Kier alpha value is -3.85. The Bertz CT molecular complexity index is 1260. The molecule has 2 aromatic carbocycles. The zero-order chi connectivity index (χ0) is 26.9. The molecule has 0 spiro atoms. The summed E-state index contributed by atoms with van der Waals surface area (Å²) in [6, 6.07) is 14.2. The van der Waals surface area contributed by atoms with Crippen LogP contribution < -0.4 is 15.4 Å². The molecule has 0 bridgehead atoms. The van der Waals surface area contributed by atoms with Crippen molar-refractivity contribution in [2.24, 2.45) is 0 Å². The first-order chi connectivity index (χ1) is 18.4. The maximum atomic E-state index is 13.3. The third-order valence-corrected chi connectivity index (χ3v) is 6.52. The van der Waals surface area contributed by atoms with Crippen molar-refractivity contribution in [1.82, 2.24) is 25.3 Å². The van der Waals surface area contributed by atoms with Gasteiger partial charge >= 0.3 is 0 Å². The van der Waals surface area contributed by atoms with E-state index in [1.807, 2.05) is 37.3 Å². The molecule has 1 aliphatic heterocycles. The van der Waals surface area contributed by atoms with E-state index in [1.54, 1.807) is 29.1 Å². The molecule has 0 saturated carbocycles. The number of halogens is 1. The Morgan fingerprint density at radius 3 is 2.74 bits per heavy atom. The lowest BCUT2D eigenvalue weighted by atomic mass is 10.1. The molecule has 3 aromatic rings. The van der Waals surface area contributed by atoms with Gasteiger partial charge in [0, 0.05) is 30.9 Å². The van der Waals surface area contributed by atoms with Gasteiger partial charge in [-0.1, -0.05) is 41.9 Å². The van der Waals surface area contributed by atoms with Crippen molar-refractivity contribution in [2.45, 2.75) is 38.8 Å². The number of rotatable bonds is 4. The van der Waals surface area contributed by atoms with Gasteiger partial charge in [0.15, 0.2) is 0 Å². The van der Waals surface area contributed by atoms with E-state index in [2.05, 4.69) is 15.7 Å². The summed E-state index contributed by atoms with van der Waals surface area (Å²) >= 11 is 6.16. The van der Waals surface area contributed by atoms with Crippen molar-refractivity contribution in [2.75, 3.05) is 26.2 Å². The summed E-state index contributed by atoms with van der Waals surface area (Å²) in [5.74, 6) is -0.447. The molecule has 1 aromatic heterocycles. The monoisotopic (exact) mass is 537 g/mol. The van der Waals surface area contributed by atoms with Crippen molar-refractivity contribution < 1.29 is 19.1 Å². The van der Waals surface area contributed by atoms with E-state index in [9.17, 15) is 14.4 Å². The smallest absolute Gasteiger partial charge is 0.257 e. The molecule has 4 rings (SSSR count). The lowest BCUT2D eigenvalue weighted by Crippen LogP contribution is -2.47. The van der Waals surface area contributed by atoms with Gasteiger partial charge < -0.3 is 20.3 Å². The number of hydrogen-bond acceptors (Lipinski definition) is 5. The lowest BCUT2D eigenvalue weighted by Gasteiger charge is -2.24. The van der Waals surface area contributed by atoms with Gasteiger partial charge in [-0.3, -0.25) is 19.1 Å². The van der Waals surface area contributed by atoms with Crippen LogP contribution in [-0.2, 0) is 17.8 Å². The summed E-state index contributed by atoms with van der Waals surface area (Å²) in [7, 11) is 0. The molecule has 1 atom stereocenters. The standard InChI is InChI=1S/C28H32ClN5O4/c1-2-34-17-21(16-31-34)28(37)33-13-7-6-12-30-27(36)24-15-22(29)10-11-25(24)38-19-23(32-26(35)18-33)14-20-8-4-3-5-9-20/h3-5,8-11,15-17,23H,2,6-7,12-14,18-19H2,1H3,(H,30,36)(H,32,35)/t23-/m0/s1. The second-order valence-corrected chi connectivity index (χ2v) is 9.62. The van der Waals surface area contributed by atoms with E-state index >= 15 is 0 Å². The van der Waals surface area contributed by atoms with Crippen LogP contribution in [0.4, 0.5) is 0 Å². The number of nitrogens with zero attached hydrogens (tertiary/aromatic N) is 3. The van der Waals surface area contributed by atoms with Crippen LogP contribution in [0.25, 0.3) is 0 Å². The molecular weight excluding hydrogens is 506 g/mol. The molecule has 9 nitrogen and oxygen atoms in total. The summed E-state index contributed by atoms with van der Waals surface area (Å²) < 4.78 is 7.73. The molecule has 3 amide bonds. The molecule has 0 fully saturated rings. The third kappa shape index (κ3) is 7.35. The lowest BCUT2D eigenvalue weighted by molar-refractivity contribution is -0.122. The number of aryl methyl sites for hydroxylation is 1. The molecular formula is C28H32ClN5O4. The largest absolute Gasteiger partial charge is 0.491 e. The van der Waals surface area contributed by atoms with Crippen molar-refractivity contribution in [1.29, 1.82) is 0 Å². The first-order valence-electron chi connectivity index (χ1n) is 12.8. The van der Waals surface area contributed by atoms with Crippen molar-refractivity contribution in [3.8, 4) is 5.75 Å². The van der Waals surface area contributed by atoms with Gasteiger partial charge in [0.2, 0.25) is 5.91 Å². The summed E-state index contributed by atoms with van der Waals surface area (Å²) in [5.41, 5.74) is 1.79. The SMILES string of the molecule is CCn1cc(C(=O)N2CCCCNC(=O)c3cc(Cl)ccc3OC[C@H](Cc3ccccc3)NC(=O)C2)cn1. The summed E-state index contributed by atoms with van der Waals surface area (Å²) in [6.45, 7) is 3.38. The Morgan fingerprint density at radius 2 is 1.97 bits per heavy atom. The quantitative estimate of drug-likeness (QED) is 0.531.